The first-order chi connectivity index (χ1) is 18.6. The summed E-state index contributed by atoms with van der Waals surface area (Å²) in [5, 5.41) is 3.72. The Morgan fingerprint density at radius 2 is 1.69 bits per heavy atom. The number of aryl methyl sites for hydroxylation is 1. The van der Waals surface area contributed by atoms with Gasteiger partial charge < -0.3 is 10.2 Å². The van der Waals surface area contributed by atoms with Crippen LogP contribution in [-0.4, -0.2) is 50.0 Å². The van der Waals surface area contributed by atoms with E-state index in [1.165, 1.54) is 17.0 Å². The smallest absolute Gasteiger partial charge is 0.243 e. The predicted molar refractivity (Wildman–Crippen MR) is 158 cm³/mol. The Hall–Kier alpha value is -2.58. The van der Waals surface area contributed by atoms with Gasteiger partial charge in [-0.05, 0) is 61.4 Å². The van der Waals surface area contributed by atoms with Gasteiger partial charge in [-0.15, -0.1) is 0 Å². The van der Waals surface area contributed by atoms with Crippen molar-refractivity contribution in [3.8, 4) is 0 Å². The number of hydrogen-bond acceptors (Lipinski definition) is 4. The standard InChI is InChI=1S/C30H42ClN3O4S/c1-4-23-17-19-26(20-18-23)34(39(3,37)38)21-11-16-29(35)33(22-24-12-9-10-15-27(24)31)28(5-2)30(36)32-25-13-7-6-8-14-25/h9-10,12,15,17-20,25,28H,4-8,11,13-14,16,21-22H2,1-3H3,(H,32,36)/t28-/m0/s1. The predicted octanol–water partition coefficient (Wildman–Crippen LogP) is 5.70. The van der Waals surface area contributed by atoms with Gasteiger partial charge in [0.05, 0.1) is 11.9 Å². The van der Waals surface area contributed by atoms with Crippen molar-refractivity contribution in [2.75, 3.05) is 17.1 Å². The Kier molecular flexibility index (Phi) is 11.7. The van der Waals surface area contributed by atoms with Crippen molar-refractivity contribution in [2.24, 2.45) is 0 Å². The fourth-order valence-corrected chi connectivity index (χ4v) is 6.34. The summed E-state index contributed by atoms with van der Waals surface area (Å²) < 4.78 is 26.5. The van der Waals surface area contributed by atoms with E-state index in [-0.39, 0.29) is 37.4 Å². The molecule has 3 rings (SSSR count). The molecule has 2 aromatic rings. The Morgan fingerprint density at radius 3 is 2.28 bits per heavy atom. The van der Waals surface area contributed by atoms with Crippen LogP contribution >= 0.6 is 11.6 Å². The lowest BCUT2D eigenvalue weighted by molar-refractivity contribution is -0.141. The second-order valence-corrected chi connectivity index (χ2v) is 12.7. The zero-order chi connectivity index (χ0) is 28.4. The number of halogens is 1. The number of carbonyl (C=O) groups is 2. The quantitative estimate of drug-likeness (QED) is 0.332. The molecular formula is C30H42ClN3O4S. The van der Waals surface area contributed by atoms with Crippen LogP contribution in [0.5, 0.6) is 0 Å². The minimum absolute atomic E-state index is 0.108. The van der Waals surface area contributed by atoms with Crippen LogP contribution in [0.25, 0.3) is 0 Å². The maximum Gasteiger partial charge on any atom is 0.243 e. The summed E-state index contributed by atoms with van der Waals surface area (Å²) in [4.78, 5) is 28.6. The van der Waals surface area contributed by atoms with E-state index in [0.29, 0.717) is 23.6 Å². The van der Waals surface area contributed by atoms with E-state index in [0.717, 1.165) is 43.2 Å². The van der Waals surface area contributed by atoms with E-state index in [9.17, 15) is 18.0 Å². The first-order valence-corrected chi connectivity index (χ1v) is 16.3. The Balaban J connectivity index is 1.75. The maximum atomic E-state index is 13.6. The summed E-state index contributed by atoms with van der Waals surface area (Å²) in [6, 6.07) is 14.3. The van der Waals surface area contributed by atoms with E-state index in [1.54, 1.807) is 23.1 Å². The lowest BCUT2D eigenvalue weighted by Gasteiger charge is -2.33. The van der Waals surface area contributed by atoms with Crippen LogP contribution in [-0.2, 0) is 32.6 Å². The zero-order valence-electron chi connectivity index (χ0n) is 23.4. The fourth-order valence-electron chi connectivity index (χ4n) is 5.18. The molecule has 1 atom stereocenters. The third kappa shape index (κ3) is 8.97. The summed E-state index contributed by atoms with van der Waals surface area (Å²) in [6.07, 6.45) is 8.24. The molecule has 2 aromatic carbocycles. The van der Waals surface area contributed by atoms with E-state index in [4.69, 9.17) is 11.6 Å². The van der Waals surface area contributed by atoms with E-state index < -0.39 is 16.1 Å². The van der Waals surface area contributed by atoms with Crippen molar-refractivity contribution < 1.29 is 18.0 Å². The van der Waals surface area contributed by atoms with E-state index >= 15 is 0 Å². The topological polar surface area (TPSA) is 86.8 Å². The molecule has 9 heteroatoms. The third-order valence-electron chi connectivity index (χ3n) is 7.42. The molecule has 214 valence electrons. The molecule has 2 amide bonds. The van der Waals surface area contributed by atoms with Crippen LogP contribution < -0.4 is 9.62 Å². The molecule has 0 aliphatic heterocycles. The van der Waals surface area contributed by atoms with Crippen LogP contribution in [0.2, 0.25) is 5.02 Å². The summed E-state index contributed by atoms with van der Waals surface area (Å²) >= 11 is 6.43. The maximum absolute atomic E-state index is 13.6. The zero-order valence-corrected chi connectivity index (χ0v) is 24.9. The first-order valence-electron chi connectivity index (χ1n) is 14.0. The Morgan fingerprint density at radius 1 is 1.03 bits per heavy atom. The molecule has 1 saturated carbocycles. The molecule has 0 unspecified atom stereocenters. The molecule has 7 nitrogen and oxygen atoms in total. The van der Waals surface area contributed by atoms with Crippen LogP contribution in [0.1, 0.15) is 76.3 Å². The molecule has 39 heavy (non-hydrogen) atoms. The van der Waals surface area contributed by atoms with E-state index in [1.807, 2.05) is 44.2 Å². The summed E-state index contributed by atoms with van der Waals surface area (Å²) in [5.41, 5.74) is 2.47. The number of carbonyl (C=O) groups excluding carboxylic acids is 2. The molecule has 1 fully saturated rings. The van der Waals surface area contributed by atoms with Crippen LogP contribution in [0.4, 0.5) is 5.69 Å². The average Bonchev–Trinajstić information content (AvgIpc) is 2.92. The number of hydrogen-bond donors (Lipinski definition) is 1. The first kappa shape index (κ1) is 31.0. The average molecular weight is 576 g/mol. The number of sulfonamides is 1. The van der Waals surface area contributed by atoms with Crippen molar-refractivity contribution in [1.29, 1.82) is 0 Å². The summed E-state index contributed by atoms with van der Waals surface area (Å²) in [5.74, 6) is -0.339. The van der Waals surface area contributed by atoms with Gasteiger partial charge in [-0.3, -0.25) is 13.9 Å². The molecule has 0 spiro atoms. The highest BCUT2D eigenvalue weighted by atomic mass is 35.5. The van der Waals surface area contributed by atoms with Crippen LogP contribution in [0.15, 0.2) is 48.5 Å². The van der Waals surface area contributed by atoms with Crippen LogP contribution in [0, 0.1) is 0 Å². The monoisotopic (exact) mass is 575 g/mol. The van der Waals surface area contributed by atoms with Gasteiger partial charge >= 0.3 is 0 Å². The molecule has 1 aliphatic rings. The minimum atomic E-state index is -3.53. The number of amides is 2. The van der Waals surface area contributed by atoms with Crippen molar-refractivity contribution in [3.05, 3.63) is 64.7 Å². The second-order valence-electron chi connectivity index (χ2n) is 10.3. The van der Waals surface area contributed by atoms with Gasteiger partial charge in [0.2, 0.25) is 21.8 Å². The van der Waals surface area contributed by atoms with Crippen molar-refractivity contribution in [1.82, 2.24) is 10.2 Å². The minimum Gasteiger partial charge on any atom is -0.352 e. The summed E-state index contributed by atoms with van der Waals surface area (Å²) in [6.45, 7) is 4.33. The highest BCUT2D eigenvalue weighted by molar-refractivity contribution is 7.92. The molecule has 0 bridgehead atoms. The highest BCUT2D eigenvalue weighted by Crippen LogP contribution is 2.23. The number of nitrogens with zero attached hydrogens (tertiary/aromatic N) is 2. The molecule has 0 saturated heterocycles. The van der Waals surface area contributed by atoms with Gasteiger partial charge in [-0.2, -0.15) is 0 Å². The van der Waals surface area contributed by atoms with Crippen molar-refractivity contribution >= 4 is 39.1 Å². The molecular weight excluding hydrogens is 534 g/mol. The molecule has 0 aromatic heterocycles. The van der Waals surface area contributed by atoms with E-state index in [2.05, 4.69) is 5.32 Å². The second kappa shape index (κ2) is 14.7. The third-order valence-corrected chi connectivity index (χ3v) is 8.98. The van der Waals surface area contributed by atoms with Gasteiger partial charge in [-0.1, -0.05) is 75.0 Å². The van der Waals surface area contributed by atoms with Gasteiger partial charge in [0.1, 0.15) is 6.04 Å². The molecule has 0 radical (unpaired) electrons. The lowest BCUT2D eigenvalue weighted by Crippen LogP contribution is -2.51. The van der Waals surface area contributed by atoms with Gasteiger partial charge in [0, 0.05) is 30.6 Å². The SMILES string of the molecule is CCc1ccc(N(CCCC(=O)N(Cc2ccccc2Cl)[C@@H](CC)C(=O)NC2CCCCC2)S(C)(=O)=O)cc1. The van der Waals surface area contributed by atoms with Crippen LogP contribution in [0.3, 0.4) is 0 Å². The lowest BCUT2D eigenvalue weighted by atomic mass is 9.95. The fraction of sp³-hybridized carbons (Fsp3) is 0.533. The largest absolute Gasteiger partial charge is 0.352 e. The molecule has 1 aliphatic carbocycles. The summed E-state index contributed by atoms with van der Waals surface area (Å²) in [7, 11) is -3.53. The molecule has 1 N–H and O–H groups in total. The van der Waals surface area contributed by atoms with Crippen molar-refractivity contribution in [2.45, 2.75) is 90.3 Å². The highest BCUT2D eigenvalue weighted by Gasteiger charge is 2.30. The van der Waals surface area contributed by atoms with Gasteiger partial charge in [0.25, 0.3) is 0 Å². The Bertz CT molecular complexity index is 1200. The van der Waals surface area contributed by atoms with Crippen molar-refractivity contribution in [3.63, 3.8) is 0 Å². The Labute approximate surface area is 239 Å². The molecule has 0 heterocycles. The number of nitrogens with one attached hydrogen (secondary N) is 1. The normalized spacial score (nSPS) is 15.0. The van der Waals surface area contributed by atoms with Gasteiger partial charge in [-0.25, -0.2) is 8.42 Å². The number of rotatable bonds is 13. The number of anilines is 1. The van der Waals surface area contributed by atoms with Gasteiger partial charge in [0.15, 0.2) is 0 Å². The number of benzene rings is 2.